The van der Waals surface area contributed by atoms with E-state index in [2.05, 4.69) is 31.9 Å². The zero-order valence-corrected chi connectivity index (χ0v) is 15.4. The Hall–Kier alpha value is -3.05. The molecule has 2 aromatic carbocycles. The molecule has 3 N–H and O–H groups in total. The van der Waals surface area contributed by atoms with Crippen LogP contribution in [0.25, 0.3) is 0 Å². The van der Waals surface area contributed by atoms with Crippen molar-refractivity contribution < 1.29 is 14.3 Å². The molecule has 0 aliphatic rings. The van der Waals surface area contributed by atoms with Gasteiger partial charge in [0.2, 0.25) is 5.91 Å². The molecule has 0 aromatic heterocycles. The number of ether oxygens (including phenoxy) is 1. The third kappa shape index (κ3) is 6.83. The number of carbonyl (C=O) groups is 2. The summed E-state index contributed by atoms with van der Waals surface area (Å²) in [5.74, 6) is 0.253. The van der Waals surface area contributed by atoms with Gasteiger partial charge in [-0.1, -0.05) is 22.0 Å². The highest BCUT2D eigenvalue weighted by Crippen LogP contribution is 2.17. The Bertz CT molecular complexity index is 803. The minimum atomic E-state index is -0.382. The Morgan fingerprint density at radius 2 is 1.85 bits per heavy atom. The minimum Gasteiger partial charge on any atom is -0.479 e. The average molecular weight is 417 g/mol. The van der Waals surface area contributed by atoms with E-state index < -0.39 is 0 Å². The van der Waals surface area contributed by atoms with E-state index in [1.165, 1.54) is 0 Å². The lowest BCUT2D eigenvalue weighted by Crippen LogP contribution is -2.31. The summed E-state index contributed by atoms with van der Waals surface area (Å²) >= 11 is 3.32. The number of nitriles is 1. The van der Waals surface area contributed by atoms with E-state index >= 15 is 0 Å². The Kier molecular flexibility index (Phi) is 7.46. The summed E-state index contributed by atoms with van der Waals surface area (Å²) in [6.45, 7) is 0.133. The van der Waals surface area contributed by atoms with Crippen molar-refractivity contribution >= 4 is 39.2 Å². The van der Waals surface area contributed by atoms with Crippen LogP contribution in [0, 0.1) is 11.3 Å². The Balaban J connectivity index is 1.72. The fourth-order valence-electron chi connectivity index (χ4n) is 2.00. The van der Waals surface area contributed by atoms with E-state index in [1.54, 1.807) is 36.4 Å². The van der Waals surface area contributed by atoms with E-state index in [9.17, 15) is 9.59 Å². The van der Waals surface area contributed by atoms with Crippen LogP contribution in [0.1, 0.15) is 6.42 Å². The third-order valence-electron chi connectivity index (χ3n) is 3.16. The molecule has 2 aromatic rings. The van der Waals surface area contributed by atoms with Crippen molar-refractivity contribution in [2.75, 3.05) is 23.8 Å². The number of amides is 3. The van der Waals surface area contributed by atoms with Gasteiger partial charge < -0.3 is 20.7 Å². The normalized spacial score (nSPS) is 9.69. The largest absolute Gasteiger partial charge is 0.479 e. The number of hydrogen-bond acceptors (Lipinski definition) is 4. The topological polar surface area (TPSA) is 103 Å². The Labute approximate surface area is 159 Å². The van der Waals surface area contributed by atoms with Crippen molar-refractivity contribution in [2.45, 2.75) is 6.42 Å². The number of benzene rings is 2. The first-order chi connectivity index (χ1) is 12.6. The second-order valence-electron chi connectivity index (χ2n) is 5.16. The van der Waals surface area contributed by atoms with Crippen molar-refractivity contribution in [3.63, 3.8) is 0 Å². The maximum absolute atomic E-state index is 11.9. The zero-order valence-electron chi connectivity index (χ0n) is 13.8. The Morgan fingerprint density at radius 3 is 2.58 bits per heavy atom. The molecule has 0 saturated heterocycles. The average Bonchev–Trinajstić information content (AvgIpc) is 2.62. The smallest absolute Gasteiger partial charge is 0.319 e. The summed E-state index contributed by atoms with van der Waals surface area (Å²) in [5.41, 5.74) is 1.22. The molecule has 26 heavy (non-hydrogen) atoms. The van der Waals surface area contributed by atoms with Gasteiger partial charge in [0.25, 0.3) is 0 Å². The van der Waals surface area contributed by atoms with Crippen molar-refractivity contribution in [2.24, 2.45) is 0 Å². The highest BCUT2D eigenvalue weighted by atomic mass is 79.9. The summed E-state index contributed by atoms with van der Waals surface area (Å²) in [6.07, 6.45) is 0.122. The lowest BCUT2D eigenvalue weighted by Gasteiger charge is -2.09. The molecular weight excluding hydrogens is 400 g/mol. The number of nitrogens with one attached hydrogen (secondary N) is 3. The maximum Gasteiger partial charge on any atom is 0.319 e. The van der Waals surface area contributed by atoms with Gasteiger partial charge in [-0.05, 0) is 36.4 Å². The predicted octanol–water partition coefficient (Wildman–Crippen LogP) is 3.50. The highest BCUT2D eigenvalue weighted by molar-refractivity contribution is 9.10. The zero-order chi connectivity index (χ0) is 18.8. The second kappa shape index (κ2) is 10.1. The summed E-state index contributed by atoms with van der Waals surface area (Å²) in [7, 11) is 0. The molecule has 134 valence electrons. The van der Waals surface area contributed by atoms with E-state index in [4.69, 9.17) is 10.00 Å². The van der Waals surface area contributed by atoms with Crippen LogP contribution in [0.4, 0.5) is 16.2 Å². The van der Waals surface area contributed by atoms with Gasteiger partial charge in [-0.25, -0.2) is 4.79 Å². The molecule has 0 aliphatic carbocycles. The number of carbonyl (C=O) groups excluding carboxylic acids is 2. The van der Waals surface area contributed by atoms with E-state index in [-0.39, 0.29) is 31.5 Å². The van der Waals surface area contributed by atoms with Crippen LogP contribution >= 0.6 is 15.9 Å². The molecule has 0 spiro atoms. The van der Waals surface area contributed by atoms with Crippen LogP contribution in [0.3, 0.4) is 0 Å². The Morgan fingerprint density at radius 1 is 1.08 bits per heavy atom. The molecule has 0 aliphatic heterocycles. The number of urea groups is 1. The summed E-state index contributed by atoms with van der Waals surface area (Å²) in [6, 6.07) is 15.4. The van der Waals surface area contributed by atoms with Gasteiger partial charge >= 0.3 is 6.03 Å². The maximum atomic E-state index is 11.9. The molecule has 0 atom stereocenters. The molecule has 0 heterocycles. The van der Waals surface area contributed by atoms with Crippen LogP contribution in [-0.4, -0.2) is 25.1 Å². The van der Waals surface area contributed by atoms with Crippen molar-refractivity contribution in [1.82, 2.24) is 5.32 Å². The summed E-state index contributed by atoms with van der Waals surface area (Å²) in [5, 5.41) is 16.5. The van der Waals surface area contributed by atoms with E-state index in [1.807, 2.05) is 18.2 Å². The first kappa shape index (κ1) is 19.3. The van der Waals surface area contributed by atoms with Crippen LogP contribution < -0.4 is 20.7 Å². The van der Waals surface area contributed by atoms with Crippen LogP contribution in [0.15, 0.2) is 53.0 Å². The molecule has 0 saturated carbocycles. The van der Waals surface area contributed by atoms with Gasteiger partial charge in [-0.3, -0.25) is 4.79 Å². The monoisotopic (exact) mass is 416 g/mol. The van der Waals surface area contributed by atoms with Gasteiger partial charge in [0, 0.05) is 34.9 Å². The number of halogens is 1. The van der Waals surface area contributed by atoms with Crippen LogP contribution in [-0.2, 0) is 4.79 Å². The van der Waals surface area contributed by atoms with E-state index in [0.717, 1.165) is 4.47 Å². The first-order valence-electron chi connectivity index (χ1n) is 7.77. The molecular formula is C18H17BrN4O3. The number of anilines is 2. The summed E-state index contributed by atoms with van der Waals surface area (Å²) < 4.78 is 6.09. The molecule has 0 bridgehead atoms. The van der Waals surface area contributed by atoms with Gasteiger partial charge in [0.1, 0.15) is 11.8 Å². The van der Waals surface area contributed by atoms with Crippen LogP contribution in [0.5, 0.6) is 5.75 Å². The predicted molar refractivity (Wildman–Crippen MR) is 102 cm³/mol. The van der Waals surface area contributed by atoms with Gasteiger partial charge in [-0.2, -0.15) is 5.26 Å². The quantitative estimate of drug-likeness (QED) is 0.642. The molecule has 8 heteroatoms. The van der Waals surface area contributed by atoms with Gasteiger partial charge in [0.05, 0.1) is 0 Å². The van der Waals surface area contributed by atoms with Crippen molar-refractivity contribution in [3.05, 3.63) is 53.0 Å². The van der Waals surface area contributed by atoms with Crippen LogP contribution in [0.2, 0.25) is 0 Å². The lowest BCUT2D eigenvalue weighted by molar-refractivity contribution is -0.116. The highest BCUT2D eigenvalue weighted by Gasteiger charge is 2.06. The SMILES string of the molecule is N#CCOc1cccc(NC(=O)CCNC(=O)Nc2ccc(Br)cc2)c1. The standard InChI is InChI=1S/C18H17BrN4O3/c19-13-4-6-14(7-5-13)23-18(25)21-10-8-17(24)22-15-2-1-3-16(12-15)26-11-9-20/h1-7,12H,8,10-11H2,(H,22,24)(H2,21,23,25). The minimum absolute atomic E-state index is 0.0607. The molecule has 0 fully saturated rings. The number of rotatable bonds is 7. The van der Waals surface area contributed by atoms with Gasteiger partial charge in [-0.15, -0.1) is 0 Å². The molecule has 0 unspecified atom stereocenters. The number of hydrogen-bond donors (Lipinski definition) is 3. The second-order valence-corrected chi connectivity index (χ2v) is 6.08. The fraction of sp³-hybridized carbons (Fsp3) is 0.167. The van der Waals surface area contributed by atoms with Crippen molar-refractivity contribution in [1.29, 1.82) is 5.26 Å². The van der Waals surface area contributed by atoms with Gasteiger partial charge in [0.15, 0.2) is 6.61 Å². The molecule has 7 nitrogen and oxygen atoms in total. The molecule has 0 radical (unpaired) electrons. The summed E-state index contributed by atoms with van der Waals surface area (Å²) in [4.78, 5) is 23.7. The fourth-order valence-corrected chi connectivity index (χ4v) is 2.27. The third-order valence-corrected chi connectivity index (χ3v) is 3.69. The van der Waals surface area contributed by atoms with Crippen molar-refractivity contribution in [3.8, 4) is 11.8 Å². The molecule has 2 rings (SSSR count). The first-order valence-corrected chi connectivity index (χ1v) is 8.56. The lowest BCUT2D eigenvalue weighted by atomic mass is 10.3. The molecule has 3 amide bonds. The number of nitrogens with zero attached hydrogens (tertiary/aromatic N) is 1. The van der Waals surface area contributed by atoms with E-state index in [0.29, 0.717) is 17.1 Å².